The summed E-state index contributed by atoms with van der Waals surface area (Å²) in [6.07, 6.45) is 0.860. The lowest BCUT2D eigenvalue weighted by Gasteiger charge is -2.12. The molecule has 0 aliphatic heterocycles. The van der Waals surface area contributed by atoms with Gasteiger partial charge in [-0.2, -0.15) is 0 Å². The molecule has 0 saturated carbocycles. The molecule has 0 bridgehead atoms. The highest BCUT2D eigenvalue weighted by Crippen LogP contribution is 2.16. The summed E-state index contributed by atoms with van der Waals surface area (Å²) in [4.78, 5) is 24.2. The van der Waals surface area contributed by atoms with Crippen molar-refractivity contribution in [3.63, 3.8) is 0 Å². The van der Waals surface area contributed by atoms with E-state index in [1.807, 2.05) is 13.0 Å². The molecular weight excluding hydrogens is 242 g/mol. The van der Waals surface area contributed by atoms with Crippen molar-refractivity contribution >= 4 is 23.2 Å². The van der Waals surface area contributed by atoms with Crippen LogP contribution in [0.25, 0.3) is 0 Å². The van der Waals surface area contributed by atoms with Crippen molar-refractivity contribution in [2.75, 3.05) is 13.7 Å². The molecule has 0 aromatic carbocycles. The molecule has 6 heteroatoms. The molecule has 1 unspecified atom stereocenters. The number of aryl methyl sites for hydroxylation is 1. The molecule has 17 heavy (non-hydrogen) atoms. The van der Waals surface area contributed by atoms with Gasteiger partial charge in [-0.05, 0) is 18.6 Å². The average Bonchev–Trinajstić information content (AvgIpc) is 2.76. The molecule has 1 atom stereocenters. The molecule has 0 fully saturated rings. The number of amides is 1. The molecule has 1 aromatic heterocycles. The van der Waals surface area contributed by atoms with Crippen molar-refractivity contribution in [3.05, 3.63) is 21.9 Å². The zero-order chi connectivity index (χ0) is 12.8. The Morgan fingerprint density at radius 2 is 2.24 bits per heavy atom. The first-order valence-corrected chi connectivity index (χ1v) is 6.01. The van der Waals surface area contributed by atoms with Crippen LogP contribution in [0.4, 0.5) is 0 Å². The van der Waals surface area contributed by atoms with Crippen molar-refractivity contribution in [1.29, 1.82) is 0 Å². The van der Waals surface area contributed by atoms with Crippen molar-refractivity contribution in [2.45, 2.75) is 19.4 Å². The fourth-order valence-corrected chi connectivity index (χ4v) is 2.11. The van der Waals surface area contributed by atoms with Gasteiger partial charge >= 0.3 is 5.97 Å². The number of hydrogen-bond donors (Lipinski definition) is 2. The van der Waals surface area contributed by atoms with E-state index < -0.39 is 12.0 Å². The van der Waals surface area contributed by atoms with Crippen LogP contribution in [0.15, 0.2) is 12.1 Å². The fraction of sp³-hybridized carbons (Fsp3) is 0.455. The lowest BCUT2D eigenvalue weighted by molar-refractivity contribution is -0.140. The number of aliphatic carboxylic acids is 1. The number of hydrogen-bond acceptors (Lipinski definition) is 4. The van der Waals surface area contributed by atoms with Crippen LogP contribution >= 0.6 is 11.3 Å². The first kappa shape index (κ1) is 13.7. The molecule has 1 aromatic rings. The number of carbonyl (C=O) groups excluding carboxylic acids is 1. The lowest BCUT2D eigenvalue weighted by Crippen LogP contribution is -2.43. The third kappa shape index (κ3) is 3.83. The fourth-order valence-electron chi connectivity index (χ4n) is 1.26. The molecule has 2 N–H and O–H groups in total. The predicted octanol–water partition coefficient (Wildman–Crippen LogP) is 1.14. The zero-order valence-corrected chi connectivity index (χ0v) is 10.5. The van der Waals surface area contributed by atoms with Gasteiger partial charge in [-0.3, -0.25) is 4.79 Å². The molecule has 1 rings (SSSR count). The lowest BCUT2D eigenvalue weighted by atomic mass is 10.3. The second kappa shape index (κ2) is 6.36. The molecule has 1 amide bonds. The Morgan fingerprint density at radius 1 is 1.53 bits per heavy atom. The van der Waals surface area contributed by atoms with Gasteiger partial charge in [0.2, 0.25) is 0 Å². The van der Waals surface area contributed by atoms with Gasteiger partial charge in [-0.25, -0.2) is 4.79 Å². The van der Waals surface area contributed by atoms with Gasteiger partial charge < -0.3 is 15.2 Å². The van der Waals surface area contributed by atoms with Gasteiger partial charge in [-0.1, -0.05) is 6.92 Å². The third-order valence-corrected chi connectivity index (χ3v) is 3.40. The molecule has 0 saturated heterocycles. The number of carboxylic acid groups (broad SMARTS) is 1. The maximum absolute atomic E-state index is 11.7. The summed E-state index contributed by atoms with van der Waals surface area (Å²) >= 11 is 1.37. The number of carbonyl (C=O) groups is 2. The Morgan fingerprint density at radius 3 is 2.71 bits per heavy atom. The maximum atomic E-state index is 11.7. The van der Waals surface area contributed by atoms with E-state index in [1.54, 1.807) is 6.07 Å². The number of methoxy groups -OCH3 is 1. The Kier molecular flexibility index (Phi) is 5.11. The minimum atomic E-state index is -1.10. The summed E-state index contributed by atoms with van der Waals surface area (Å²) in [6, 6.07) is 2.55. The van der Waals surface area contributed by atoms with Gasteiger partial charge in [0.25, 0.3) is 5.91 Å². The third-order valence-electron chi connectivity index (χ3n) is 2.17. The van der Waals surface area contributed by atoms with Crippen LogP contribution in [0.2, 0.25) is 0 Å². The highest BCUT2D eigenvalue weighted by molar-refractivity contribution is 7.14. The van der Waals surface area contributed by atoms with E-state index >= 15 is 0 Å². The number of rotatable bonds is 6. The van der Waals surface area contributed by atoms with Crippen LogP contribution in [-0.2, 0) is 16.0 Å². The predicted molar refractivity (Wildman–Crippen MR) is 64.5 cm³/mol. The normalized spacial score (nSPS) is 12.1. The van der Waals surface area contributed by atoms with E-state index in [-0.39, 0.29) is 12.5 Å². The molecule has 5 nitrogen and oxygen atoms in total. The molecule has 0 spiro atoms. The summed E-state index contributed by atoms with van der Waals surface area (Å²) in [5.74, 6) is -1.48. The Bertz CT molecular complexity index is 402. The highest BCUT2D eigenvalue weighted by Gasteiger charge is 2.21. The van der Waals surface area contributed by atoms with Gasteiger partial charge in [-0.15, -0.1) is 11.3 Å². The maximum Gasteiger partial charge on any atom is 0.328 e. The first-order valence-electron chi connectivity index (χ1n) is 5.19. The Labute approximate surface area is 103 Å². The quantitative estimate of drug-likeness (QED) is 0.801. The van der Waals surface area contributed by atoms with Crippen molar-refractivity contribution in [1.82, 2.24) is 5.32 Å². The number of nitrogens with one attached hydrogen (secondary N) is 1. The summed E-state index contributed by atoms with van der Waals surface area (Å²) in [7, 11) is 1.39. The van der Waals surface area contributed by atoms with Gasteiger partial charge in [0.1, 0.15) is 0 Å². The molecule has 0 aliphatic carbocycles. The number of carboxylic acids is 1. The molecule has 1 heterocycles. The van der Waals surface area contributed by atoms with Crippen LogP contribution < -0.4 is 5.32 Å². The van der Waals surface area contributed by atoms with E-state index in [2.05, 4.69) is 5.32 Å². The van der Waals surface area contributed by atoms with E-state index in [0.29, 0.717) is 4.88 Å². The van der Waals surface area contributed by atoms with E-state index in [4.69, 9.17) is 9.84 Å². The zero-order valence-electron chi connectivity index (χ0n) is 9.73. The first-order chi connectivity index (χ1) is 8.08. The minimum Gasteiger partial charge on any atom is -0.480 e. The average molecular weight is 257 g/mol. The van der Waals surface area contributed by atoms with Crippen molar-refractivity contribution in [2.24, 2.45) is 0 Å². The standard InChI is InChI=1S/C11H15NO4S/c1-3-7-4-5-9(17-7)10(13)12-8(6-16-2)11(14)15/h4-5,8H,3,6H2,1-2H3,(H,12,13)(H,14,15). The SMILES string of the molecule is CCc1ccc(C(=O)NC(COC)C(=O)O)s1. The van der Waals surface area contributed by atoms with E-state index in [0.717, 1.165) is 11.3 Å². The second-order valence-electron chi connectivity index (χ2n) is 3.44. The molecule has 0 aliphatic rings. The summed E-state index contributed by atoms with van der Waals surface area (Å²) in [6.45, 7) is 1.95. The van der Waals surface area contributed by atoms with Crippen LogP contribution in [0.3, 0.4) is 0 Å². The van der Waals surface area contributed by atoms with E-state index in [9.17, 15) is 9.59 Å². The largest absolute Gasteiger partial charge is 0.480 e. The summed E-state index contributed by atoms with van der Waals surface area (Å²) in [5, 5.41) is 11.3. The smallest absolute Gasteiger partial charge is 0.328 e. The van der Waals surface area contributed by atoms with Gasteiger partial charge in [0, 0.05) is 12.0 Å². The number of thiophene rings is 1. The summed E-state index contributed by atoms with van der Waals surface area (Å²) in [5.41, 5.74) is 0. The minimum absolute atomic E-state index is 0.0485. The highest BCUT2D eigenvalue weighted by atomic mass is 32.1. The van der Waals surface area contributed by atoms with Crippen LogP contribution in [0, 0.1) is 0 Å². The Balaban J connectivity index is 2.66. The topological polar surface area (TPSA) is 75.6 Å². The van der Waals surface area contributed by atoms with Crippen LogP contribution in [0.5, 0.6) is 0 Å². The Hall–Kier alpha value is -1.40. The van der Waals surface area contributed by atoms with Crippen LogP contribution in [-0.4, -0.2) is 36.7 Å². The number of ether oxygens (including phenoxy) is 1. The van der Waals surface area contributed by atoms with Crippen molar-refractivity contribution < 1.29 is 19.4 Å². The van der Waals surface area contributed by atoms with E-state index in [1.165, 1.54) is 18.4 Å². The van der Waals surface area contributed by atoms with Crippen LogP contribution in [0.1, 0.15) is 21.5 Å². The second-order valence-corrected chi connectivity index (χ2v) is 4.61. The molecular formula is C11H15NO4S. The monoisotopic (exact) mass is 257 g/mol. The molecule has 0 radical (unpaired) electrons. The molecule has 94 valence electrons. The van der Waals surface area contributed by atoms with Gasteiger partial charge in [0.05, 0.1) is 11.5 Å². The summed E-state index contributed by atoms with van der Waals surface area (Å²) < 4.78 is 4.74. The van der Waals surface area contributed by atoms with Crippen molar-refractivity contribution in [3.8, 4) is 0 Å². The van der Waals surface area contributed by atoms with Gasteiger partial charge in [0.15, 0.2) is 6.04 Å².